The van der Waals surface area contributed by atoms with E-state index in [1.807, 2.05) is 12.1 Å². The van der Waals surface area contributed by atoms with Crippen molar-refractivity contribution < 1.29 is 9.60 Å². The van der Waals surface area contributed by atoms with Crippen LogP contribution >= 0.6 is 22.9 Å². The highest BCUT2D eigenvalue weighted by Gasteiger charge is 2.18. The van der Waals surface area contributed by atoms with E-state index in [-0.39, 0.29) is 16.7 Å². The maximum Gasteiger partial charge on any atom is 0.136 e. The average molecular weight is 401 g/mol. The molecular formula is C20H14ClFN2O2S. The first kappa shape index (κ1) is 17.9. The smallest absolute Gasteiger partial charge is 0.136 e. The Balaban J connectivity index is 1.81. The molecule has 0 fully saturated rings. The Morgan fingerprint density at radius 2 is 1.93 bits per heavy atom. The van der Waals surface area contributed by atoms with Gasteiger partial charge >= 0.3 is 0 Å². The summed E-state index contributed by atoms with van der Waals surface area (Å²) in [5.41, 5.74) is 5.07. The zero-order valence-corrected chi connectivity index (χ0v) is 15.5. The van der Waals surface area contributed by atoms with Gasteiger partial charge < -0.3 is 10.4 Å². The van der Waals surface area contributed by atoms with Crippen LogP contribution in [-0.4, -0.2) is 10.2 Å². The molecule has 1 aromatic heterocycles. The molecule has 4 aromatic rings. The number of fused-ring (bicyclic) bond motifs is 1. The molecule has 0 spiro atoms. The van der Waals surface area contributed by atoms with Crippen LogP contribution in [0.2, 0.25) is 5.02 Å². The Morgan fingerprint density at radius 1 is 1.15 bits per heavy atom. The van der Waals surface area contributed by atoms with E-state index in [0.717, 1.165) is 10.3 Å². The molecule has 0 radical (unpaired) electrons. The SMILES string of the molecule is [O-]N([OH2+])c1ccc(Cc2cc3scnc3c(-c3cccc(Cl)c3)c2F)cc1. The van der Waals surface area contributed by atoms with Crippen molar-refractivity contribution in [1.82, 2.24) is 4.98 Å². The number of hydrogen-bond donors (Lipinski definition) is 0. The van der Waals surface area contributed by atoms with Crippen LogP contribution in [0, 0.1) is 11.0 Å². The fraction of sp³-hybridized carbons (Fsp3) is 0.0500. The van der Waals surface area contributed by atoms with Gasteiger partial charge in [-0.05, 0) is 47.0 Å². The Kier molecular flexibility index (Phi) is 4.80. The number of halogens is 2. The maximum atomic E-state index is 15.4. The summed E-state index contributed by atoms with van der Waals surface area (Å²) in [6, 6.07) is 15.5. The van der Waals surface area contributed by atoms with Crippen molar-refractivity contribution >= 4 is 38.8 Å². The lowest BCUT2D eigenvalue weighted by atomic mass is 9.97. The molecule has 1 heterocycles. The van der Waals surface area contributed by atoms with Crippen LogP contribution < -0.4 is 5.23 Å². The van der Waals surface area contributed by atoms with E-state index in [1.165, 1.54) is 11.3 Å². The molecule has 0 saturated heterocycles. The van der Waals surface area contributed by atoms with Gasteiger partial charge in [-0.2, -0.15) is 5.23 Å². The molecule has 0 aliphatic carbocycles. The van der Waals surface area contributed by atoms with Crippen molar-refractivity contribution in [3.05, 3.63) is 87.3 Å². The van der Waals surface area contributed by atoms with Gasteiger partial charge in [0.25, 0.3) is 0 Å². The molecule has 0 bridgehead atoms. The van der Waals surface area contributed by atoms with Crippen molar-refractivity contribution in [2.24, 2.45) is 0 Å². The van der Waals surface area contributed by atoms with Crippen LogP contribution in [0.25, 0.3) is 21.3 Å². The number of aromatic nitrogens is 1. The van der Waals surface area contributed by atoms with Crippen LogP contribution in [0.15, 0.2) is 60.1 Å². The van der Waals surface area contributed by atoms with E-state index >= 15 is 4.39 Å². The van der Waals surface area contributed by atoms with Crippen molar-refractivity contribution in [3.8, 4) is 11.1 Å². The predicted molar refractivity (Wildman–Crippen MR) is 109 cm³/mol. The van der Waals surface area contributed by atoms with Gasteiger partial charge in [0.1, 0.15) is 5.82 Å². The van der Waals surface area contributed by atoms with Crippen LogP contribution in [0.3, 0.4) is 0 Å². The summed E-state index contributed by atoms with van der Waals surface area (Å²) < 4.78 is 16.3. The largest absolute Gasteiger partial charge is 0.694 e. The van der Waals surface area contributed by atoms with E-state index in [9.17, 15) is 5.21 Å². The monoisotopic (exact) mass is 400 g/mol. The number of benzene rings is 3. The fourth-order valence-corrected chi connectivity index (χ4v) is 3.98. The first-order valence-corrected chi connectivity index (χ1v) is 9.36. The zero-order chi connectivity index (χ0) is 19.0. The topological polar surface area (TPSA) is 62.1 Å². The van der Waals surface area contributed by atoms with E-state index in [2.05, 4.69) is 4.98 Å². The standard InChI is InChI=1S/C20H13ClFN2O2S/c21-15-3-1-2-13(9-15)18-19(22)14(10-17-20(18)23-11-27-17)8-12-4-6-16(7-5-12)24(25)26/h1-7,9-11,25H,8H2/q-1/p+1. The Bertz CT molecular complexity index is 1110. The van der Waals surface area contributed by atoms with Crippen molar-refractivity contribution in [1.29, 1.82) is 0 Å². The van der Waals surface area contributed by atoms with Gasteiger partial charge in [-0.25, -0.2) is 9.37 Å². The summed E-state index contributed by atoms with van der Waals surface area (Å²) in [7, 11) is 0. The lowest BCUT2D eigenvalue weighted by Crippen LogP contribution is -2.06. The summed E-state index contributed by atoms with van der Waals surface area (Å²) in [6.45, 7) is 0. The van der Waals surface area contributed by atoms with Gasteiger partial charge in [0.05, 0.1) is 21.4 Å². The Morgan fingerprint density at radius 3 is 2.63 bits per heavy atom. The predicted octanol–water partition coefficient (Wildman–Crippen LogP) is 5.29. The van der Waals surface area contributed by atoms with Gasteiger partial charge in [0.2, 0.25) is 0 Å². The molecule has 0 aliphatic heterocycles. The molecule has 136 valence electrons. The van der Waals surface area contributed by atoms with E-state index in [0.29, 0.717) is 33.7 Å². The molecule has 3 aromatic carbocycles. The normalized spacial score (nSPS) is 11.1. The second-order valence-corrected chi connectivity index (χ2v) is 7.39. The second kappa shape index (κ2) is 7.25. The van der Waals surface area contributed by atoms with Crippen molar-refractivity contribution in [3.63, 3.8) is 0 Å². The van der Waals surface area contributed by atoms with Gasteiger partial charge in [-0.3, -0.25) is 0 Å². The molecule has 0 aliphatic rings. The van der Waals surface area contributed by atoms with Gasteiger partial charge in [-0.1, -0.05) is 35.9 Å². The molecule has 0 amide bonds. The Labute approximate surface area is 163 Å². The fourth-order valence-electron chi connectivity index (χ4n) is 3.04. The van der Waals surface area contributed by atoms with Crippen molar-refractivity contribution in [2.75, 3.05) is 5.23 Å². The molecule has 4 nitrogen and oxygen atoms in total. The minimum atomic E-state index is -0.328. The van der Waals surface area contributed by atoms with Crippen molar-refractivity contribution in [2.45, 2.75) is 6.42 Å². The molecule has 0 atom stereocenters. The molecule has 0 saturated carbocycles. The van der Waals surface area contributed by atoms with Gasteiger partial charge in [-0.15, -0.1) is 11.3 Å². The lowest BCUT2D eigenvalue weighted by Gasteiger charge is -2.16. The quantitative estimate of drug-likeness (QED) is 0.345. The van der Waals surface area contributed by atoms with E-state index in [4.69, 9.17) is 16.8 Å². The minimum Gasteiger partial charge on any atom is -0.694 e. The maximum absolute atomic E-state index is 15.4. The highest BCUT2D eigenvalue weighted by Crippen LogP contribution is 2.36. The second-order valence-electron chi connectivity index (χ2n) is 6.07. The molecule has 0 unspecified atom stereocenters. The summed E-state index contributed by atoms with van der Waals surface area (Å²) in [5.74, 6) is -0.328. The molecule has 4 rings (SSSR count). The van der Waals surface area contributed by atoms with Gasteiger partial charge in [0.15, 0.2) is 0 Å². The third-order valence-corrected chi connectivity index (χ3v) is 5.33. The zero-order valence-electron chi connectivity index (χ0n) is 13.9. The van der Waals surface area contributed by atoms with E-state index < -0.39 is 0 Å². The summed E-state index contributed by atoms with van der Waals surface area (Å²) in [4.78, 5) is 4.34. The van der Waals surface area contributed by atoms with Crippen LogP contribution in [0.4, 0.5) is 10.1 Å². The first-order valence-electron chi connectivity index (χ1n) is 8.11. The first-order chi connectivity index (χ1) is 13.0. The number of anilines is 1. The molecule has 7 heteroatoms. The third kappa shape index (κ3) is 3.52. The molecule has 27 heavy (non-hydrogen) atoms. The Hall–Kier alpha value is -2.51. The summed E-state index contributed by atoms with van der Waals surface area (Å²) >= 11 is 7.55. The van der Waals surface area contributed by atoms with E-state index in [1.54, 1.807) is 48.0 Å². The number of thiazole rings is 1. The average Bonchev–Trinajstić information content (AvgIpc) is 3.10. The van der Waals surface area contributed by atoms with Crippen LogP contribution in [0.1, 0.15) is 11.1 Å². The van der Waals surface area contributed by atoms with Crippen LogP contribution in [0.5, 0.6) is 0 Å². The highest BCUT2D eigenvalue weighted by molar-refractivity contribution is 7.16. The summed E-state index contributed by atoms with van der Waals surface area (Å²) in [6.07, 6.45) is 0.365. The summed E-state index contributed by atoms with van der Waals surface area (Å²) in [5, 5.41) is 18.7. The number of hydrogen-bond acceptors (Lipinski definition) is 4. The number of rotatable bonds is 4. The molecular weight excluding hydrogens is 387 g/mol. The third-order valence-electron chi connectivity index (χ3n) is 4.32. The highest BCUT2D eigenvalue weighted by atomic mass is 35.5. The van der Waals surface area contributed by atoms with Crippen LogP contribution in [-0.2, 0) is 6.42 Å². The minimum absolute atomic E-state index is 0.0466. The molecule has 2 N–H and O–H groups in total. The lowest BCUT2D eigenvalue weighted by molar-refractivity contribution is 0.296. The number of nitrogens with zero attached hydrogens (tertiary/aromatic N) is 2. The van der Waals surface area contributed by atoms with Gasteiger partial charge in [0, 0.05) is 17.0 Å².